The minimum atomic E-state index is 0.0900. The zero-order valence-corrected chi connectivity index (χ0v) is 9.02. The van der Waals surface area contributed by atoms with Crippen molar-refractivity contribution < 1.29 is 14.9 Å². The van der Waals surface area contributed by atoms with Crippen LogP contribution in [0, 0.1) is 0 Å². The van der Waals surface area contributed by atoms with Gasteiger partial charge in [0.2, 0.25) is 0 Å². The third-order valence-corrected chi connectivity index (χ3v) is 2.50. The van der Waals surface area contributed by atoms with Gasteiger partial charge in [0.25, 0.3) is 0 Å². The van der Waals surface area contributed by atoms with Gasteiger partial charge in [-0.05, 0) is 30.5 Å². The van der Waals surface area contributed by atoms with Gasteiger partial charge in [0, 0.05) is 19.1 Å². The van der Waals surface area contributed by atoms with E-state index in [2.05, 4.69) is 0 Å². The molecule has 0 amide bonds. The van der Waals surface area contributed by atoms with Crippen LogP contribution in [0.4, 0.5) is 0 Å². The molecule has 3 nitrogen and oxygen atoms in total. The lowest BCUT2D eigenvalue weighted by Crippen LogP contribution is -2.05. The fourth-order valence-corrected chi connectivity index (χ4v) is 1.60. The number of hydrogen-bond acceptors (Lipinski definition) is 3. The Morgan fingerprint density at radius 2 is 2.13 bits per heavy atom. The largest absolute Gasteiger partial charge is 0.497 e. The molecule has 0 fully saturated rings. The summed E-state index contributed by atoms with van der Waals surface area (Å²) in [5, 5.41) is 18.0. The highest BCUT2D eigenvalue weighted by Gasteiger charge is 2.10. The minimum Gasteiger partial charge on any atom is -0.497 e. The molecule has 0 bridgehead atoms. The number of hydrogen-bond donors (Lipinski definition) is 2. The quantitative estimate of drug-likeness (QED) is 0.749. The second kappa shape index (κ2) is 6.43. The second-order valence-electron chi connectivity index (χ2n) is 3.52. The maximum Gasteiger partial charge on any atom is 0.119 e. The summed E-state index contributed by atoms with van der Waals surface area (Å²) < 4.78 is 5.12. The van der Waals surface area contributed by atoms with Crippen molar-refractivity contribution in [3.8, 4) is 5.75 Å². The Labute approximate surface area is 90.3 Å². The fraction of sp³-hybridized carbons (Fsp3) is 0.500. The number of aliphatic hydroxyl groups is 2. The van der Waals surface area contributed by atoms with Crippen molar-refractivity contribution in [2.75, 3.05) is 20.3 Å². The van der Waals surface area contributed by atoms with Crippen LogP contribution >= 0.6 is 0 Å². The Kier molecular flexibility index (Phi) is 5.15. The van der Waals surface area contributed by atoms with Crippen molar-refractivity contribution in [3.05, 3.63) is 29.8 Å². The predicted octanol–water partition coefficient (Wildman–Crippen LogP) is 1.54. The highest BCUT2D eigenvalue weighted by atomic mass is 16.5. The first-order valence-corrected chi connectivity index (χ1v) is 5.17. The molecule has 0 aromatic heterocycles. The van der Waals surface area contributed by atoms with E-state index in [0.29, 0.717) is 6.42 Å². The second-order valence-corrected chi connectivity index (χ2v) is 3.52. The molecule has 0 aliphatic carbocycles. The van der Waals surface area contributed by atoms with Gasteiger partial charge in [-0.25, -0.2) is 0 Å². The molecule has 2 N–H and O–H groups in total. The highest BCUT2D eigenvalue weighted by molar-refractivity contribution is 5.30. The topological polar surface area (TPSA) is 49.7 Å². The predicted molar refractivity (Wildman–Crippen MR) is 59.1 cm³/mol. The summed E-state index contributed by atoms with van der Waals surface area (Å²) in [6.07, 6.45) is 1.50. The van der Waals surface area contributed by atoms with E-state index >= 15 is 0 Å². The first-order chi connectivity index (χ1) is 7.31. The van der Waals surface area contributed by atoms with Gasteiger partial charge >= 0.3 is 0 Å². The minimum absolute atomic E-state index is 0.0900. The lowest BCUT2D eigenvalue weighted by Gasteiger charge is -2.14. The van der Waals surface area contributed by atoms with E-state index in [1.165, 1.54) is 0 Å². The van der Waals surface area contributed by atoms with E-state index < -0.39 is 0 Å². The van der Waals surface area contributed by atoms with Crippen LogP contribution in [0.2, 0.25) is 0 Å². The first-order valence-electron chi connectivity index (χ1n) is 5.17. The molecule has 15 heavy (non-hydrogen) atoms. The van der Waals surface area contributed by atoms with E-state index in [4.69, 9.17) is 9.84 Å². The van der Waals surface area contributed by atoms with Crippen molar-refractivity contribution >= 4 is 0 Å². The molecule has 0 saturated carbocycles. The maximum absolute atomic E-state index is 9.25. The van der Waals surface area contributed by atoms with Crippen LogP contribution in [0.25, 0.3) is 0 Å². The molecule has 0 radical (unpaired) electrons. The van der Waals surface area contributed by atoms with Crippen molar-refractivity contribution in [2.45, 2.75) is 18.8 Å². The molecule has 1 aromatic rings. The van der Waals surface area contributed by atoms with Gasteiger partial charge in [0.15, 0.2) is 0 Å². The van der Waals surface area contributed by atoms with Gasteiger partial charge in [-0.1, -0.05) is 12.1 Å². The van der Waals surface area contributed by atoms with Gasteiger partial charge in [-0.15, -0.1) is 0 Å². The summed E-state index contributed by atoms with van der Waals surface area (Å²) in [5.41, 5.74) is 1.06. The molecular weight excluding hydrogens is 192 g/mol. The van der Waals surface area contributed by atoms with Crippen LogP contribution in [0.5, 0.6) is 5.75 Å². The lowest BCUT2D eigenvalue weighted by atomic mass is 9.95. The zero-order valence-electron chi connectivity index (χ0n) is 9.02. The zero-order chi connectivity index (χ0) is 11.1. The van der Waals surface area contributed by atoms with Crippen LogP contribution < -0.4 is 4.74 Å². The smallest absolute Gasteiger partial charge is 0.119 e. The molecule has 3 heteroatoms. The van der Waals surface area contributed by atoms with E-state index in [1.807, 2.05) is 24.3 Å². The van der Waals surface area contributed by atoms with Crippen molar-refractivity contribution in [1.82, 2.24) is 0 Å². The summed E-state index contributed by atoms with van der Waals surface area (Å²) >= 11 is 0. The van der Waals surface area contributed by atoms with Crippen molar-refractivity contribution in [2.24, 2.45) is 0 Å². The Morgan fingerprint density at radius 1 is 1.33 bits per heavy atom. The molecule has 84 valence electrons. The summed E-state index contributed by atoms with van der Waals surface area (Å²) in [7, 11) is 1.63. The van der Waals surface area contributed by atoms with Crippen LogP contribution in [-0.4, -0.2) is 30.5 Å². The number of rotatable bonds is 6. The molecule has 1 aromatic carbocycles. The number of aliphatic hydroxyl groups excluding tert-OH is 2. The Hall–Kier alpha value is -1.06. The Morgan fingerprint density at radius 3 is 2.73 bits per heavy atom. The Balaban J connectivity index is 2.72. The van der Waals surface area contributed by atoms with E-state index in [9.17, 15) is 5.11 Å². The van der Waals surface area contributed by atoms with E-state index in [0.717, 1.165) is 17.7 Å². The van der Waals surface area contributed by atoms with Crippen molar-refractivity contribution in [1.29, 1.82) is 0 Å². The van der Waals surface area contributed by atoms with Crippen LogP contribution in [0.1, 0.15) is 24.3 Å². The summed E-state index contributed by atoms with van der Waals surface area (Å²) in [4.78, 5) is 0. The maximum atomic E-state index is 9.25. The number of benzene rings is 1. The van der Waals surface area contributed by atoms with Crippen LogP contribution in [0.3, 0.4) is 0 Å². The van der Waals surface area contributed by atoms with Gasteiger partial charge < -0.3 is 14.9 Å². The third kappa shape index (κ3) is 3.53. The van der Waals surface area contributed by atoms with Crippen molar-refractivity contribution in [3.63, 3.8) is 0 Å². The monoisotopic (exact) mass is 210 g/mol. The van der Waals surface area contributed by atoms with Crippen LogP contribution in [0.15, 0.2) is 24.3 Å². The summed E-state index contributed by atoms with van der Waals surface area (Å²) in [6, 6.07) is 7.69. The molecular formula is C12H18O3. The van der Waals surface area contributed by atoms with Gasteiger partial charge in [-0.2, -0.15) is 0 Å². The van der Waals surface area contributed by atoms with Gasteiger partial charge in [-0.3, -0.25) is 0 Å². The molecule has 0 spiro atoms. The van der Waals surface area contributed by atoms with Gasteiger partial charge in [0.05, 0.1) is 7.11 Å². The molecule has 1 atom stereocenters. The lowest BCUT2D eigenvalue weighted by molar-refractivity contribution is 0.236. The number of ether oxygens (including phenoxy) is 1. The van der Waals surface area contributed by atoms with E-state index in [1.54, 1.807) is 7.11 Å². The molecule has 0 saturated heterocycles. The SMILES string of the molecule is COc1cccc([C@@H](CO)CCCO)c1. The standard InChI is InChI=1S/C12H18O3/c1-15-12-6-2-4-10(8-12)11(9-14)5-3-7-13/h2,4,6,8,11,13-14H,3,5,7,9H2,1H3/t11-/m1/s1. The first kappa shape index (κ1) is 12.0. The van der Waals surface area contributed by atoms with E-state index in [-0.39, 0.29) is 19.1 Å². The molecule has 0 aliphatic rings. The fourth-order valence-electron chi connectivity index (χ4n) is 1.60. The third-order valence-electron chi connectivity index (χ3n) is 2.50. The number of methoxy groups -OCH3 is 1. The molecule has 0 heterocycles. The highest BCUT2D eigenvalue weighted by Crippen LogP contribution is 2.24. The summed E-state index contributed by atoms with van der Waals surface area (Å²) in [6.45, 7) is 0.271. The Bertz CT molecular complexity index is 286. The average molecular weight is 210 g/mol. The average Bonchev–Trinajstić information content (AvgIpc) is 2.30. The molecule has 0 aliphatic heterocycles. The van der Waals surface area contributed by atoms with Crippen LogP contribution in [-0.2, 0) is 0 Å². The van der Waals surface area contributed by atoms with Gasteiger partial charge in [0.1, 0.15) is 5.75 Å². The summed E-state index contributed by atoms with van der Waals surface area (Å²) in [5.74, 6) is 0.891. The molecule has 0 unspecified atom stereocenters. The molecule has 1 rings (SSSR count). The normalized spacial score (nSPS) is 12.5.